The molecule has 0 spiro atoms. The van der Waals surface area contributed by atoms with Gasteiger partial charge in [-0.25, -0.2) is 0 Å². The van der Waals surface area contributed by atoms with Gasteiger partial charge in [0.25, 0.3) is 0 Å². The number of hydrogen-bond donors (Lipinski definition) is 0. The van der Waals surface area contributed by atoms with E-state index in [2.05, 4.69) is 54.0 Å². The summed E-state index contributed by atoms with van der Waals surface area (Å²) < 4.78 is 0. The molecule has 32 heavy (non-hydrogen) atoms. The molecule has 0 unspecified atom stereocenters. The van der Waals surface area contributed by atoms with Crippen molar-refractivity contribution in [1.29, 1.82) is 0 Å². The lowest BCUT2D eigenvalue weighted by Gasteiger charge is -2.07. The molecule has 150 valence electrons. The fourth-order valence-electron chi connectivity index (χ4n) is 3.21. The van der Waals surface area contributed by atoms with Crippen LogP contribution in [0.15, 0.2) is 133 Å². The van der Waals surface area contributed by atoms with Gasteiger partial charge in [0.05, 0.1) is 0 Å². The third-order valence-corrected chi connectivity index (χ3v) is 4.81. The number of benzene rings is 4. The molecule has 4 aromatic rings. The van der Waals surface area contributed by atoms with Gasteiger partial charge in [0.2, 0.25) is 0 Å². The van der Waals surface area contributed by atoms with Crippen LogP contribution >= 0.6 is 0 Å². The summed E-state index contributed by atoms with van der Waals surface area (Å²) >= 11 is 0. The van der Waals surface area contributed by atoms with Crippen molar-refractivity contribution < 1.29 is 0 Å². The predicted octanol–water partition coefficient (Wildman–Crippen LogP) is 7.26. The number of rotatable bonds is 3. The van der Waals surface area contributed by atoms with Crippen LogP contribution in [-0.2, 0) is 0 Å². The Hall–Kier alpha value is -4.52. The van der Waals surface area contributed by atoms with Crippen LogP contribution in [0, 0.1) is 23.7 Å². The topological polar surface area (TPSA) is 0 Å². The lowest BCUT2D eigenvalue weighted by molar-refractivity contribution is 1.59. The van der Waals surface area contributed by atoms with Crippen molar-refractivity contribution in [3.05, 3.63) is 155 Å². The van der Waals surface area contributed by atoms with Crippen LogP contribution in [0.4, 0.5) is 0 Å². The summed E-state index contributed by atoms with van der Waals surface area (Å²) in [4.78, 5) is 0. The van der Waals surface area contributed by atoms with E-state index in [0.29, 0.717) is 0 Å². The Morgan fingerprint density at radius 2 is 1.03 bits per heavy atom. The fourth-order valence-corrected chi connectivity index (χ4v) is 3.21. The van der Waals surface area contributed by atoms with Crippen LogP contribution in [0.25, 0.3) is 11.6 Å². The van der Waals surface area contributed by atoms with Crippen molar-refractivity contribution in [2.75, 3.05) is 0 Å². The zero-order valence-electron chi connectivity index (χ0n) is 17.7. The van der Waals surface area contributed by atoms with Gasteiger partial charge in [0.1, 0.15) is 0 Å². The minimum absolute atomic E-state index is 0.925. The summed E-state index contributed by atoms with van der Waals surface area (Å²) in [6.07, 6.45) is 4.09. The summed E-state index contributed by atoms with van der Waals surface area (Å²) in [5.74, 6) is 13.2. The quantitative estimate of drug-likeness (QED) is 0.248. The highest BCUT2D eigenvalue weighted by Gasteiger charge is 2.06. The first-order valence-electron chi connectivity index (χ1n) is 10.5. The molecule has 0 radical (unpaired) electrons. The molecule has 0 aliphatic carbocycles. The van der Waals surface area contributed by atoms with Crippen LogP contribution in [0.3, 0.4) is 0 Å². The van der Waals surface area contributed by atoms with Crippen molar-refractivity contribution in [3.8, 4) is 23.7 Å². The Bertz CT molecular complexity index is 1320. The Morgan fingerprint density at radius 1 is 0.531 bits per heavy atom. The Morgan fingerprint density at radius 3 is 1.62 bits per heavy atom. The van der Waals surface area contributed by atoms with Gasteiger partial charge in [-0.15, -0.1) is 0 Å². The second-order valence-corrected chi connectivity index (χ2v) is 7.14. The van der Waals surface area contributed by atoms with Gasteiger partial charge in [-0.3, -0.25) is 0 Å². The molecule has 0 saturated carbocycles. The molecule has 0 bridgehead atoms. The fraction of sp³-hybridized carbons (Fsp3) is 0. The number of allylic oxidation sites excluding steroid dienone is 3. The van der Waals surface area contributed by atoms with E-state index in [1.165, 1.54) is 0 Å². The van der Waals surface area contributed by atoms with Gasteiger partial charge in [-0.1, -0.05) is 121 Å². The van der Waals surface area contributed by atoms with E-state index in [0.717, 1.165) is 33.4 Å². The highest BCUT2D eigenvalue weighted by atomic mass is 14.1. The zero-order valence-corrected chi connectivity index (χ0v) is 17.7. The van der Waals surface area contributed by atoms with Gasteiger partial charge in [-0.2, -0.15) is 0 Å². The smallest absolute Gasteiger partial charge is 0.0339 e. The van der Waals surface area contributed by atoms with E-state index in [1.54, 1.807) is 0 Å². The third-order valence-electron chi connectivity index (χ3n) is 4.81. The standard InChI is InChI=1S/C32H22/c1-5-14-27(15-6-1)20-13-23-32(30-21-11-4-12-22-30)31(26-29-18-9-3-10-19-29)25-24-28-16-7-2-8-17-28/h1-12,14-19,21-23,26H/b31-26+,32-23+. The zero-order chi connectivity index (χ0) is 21.8. The Balaban J connectivity index is 1.83. The molecule has 0 saturated heterocycles. The molecular weight excluding hydrogens is 384 g/mol. The Labute approximate surface area is 190 Å². The molecule has 0 nitrogen and oxygen atoms in total. The average molecular weight is 407 g/mol. The highest BCUT2D eigenvalue weighted by Crippen LogP contribution is 2.25. The van der Waals surface area contributed by atoms with Crippen LogP contribution in [-0.4, -0.2) is 0 Å². The summed E-state index contributed by atoms with van der Waals surface area (Å²) in [5, 5.41) is 0. The SMILES string of the molecule is C(#Cc1ccccc1)/C=C(/C(C#Cc1ccccc1)=C/c1ccccc1)c1ccccc1. The molecule has 4 aromatic carbocycles. The molecule has 0 fully saturated rings. The molecular formula is C32H22. The minimum Gasteiger partial charge on any atom is -0.0689 e. The van der Waals surface area contributed by atoms with E-state index in [9.17, 15) is 0 Å². The van der Waals surface area contributed by atoms with Crippen molar-refractivity contribution in [3.63, 3.8) is 0 Å². The molecule has 0 aliphatic heterocycles. The monoisotopic (exact) mass is 406 g/mol. The van der Waals surface area contributed by atoms with Crippen molar-refractivity contribution in [1.82, 2.24) is 0 Å². The van der Waals surface area contributed by atoms with Crippen LogP contribution < -0.4 is 0 Å². The lowest BCUT2D eigenvalue weighted by atomic mass is 9.95. The number of hydrogen-bond acceptors (Lipinski definition) is 0. The van der Waals surface area contributed by atoms with E-state index in [1.807, 2.05) is 103 Å². The molecule has 0 heterocycles. The molecule has 0 amide bonds. The molecule has 4 rings (SSSR count). The molecule has 0 heteroatoms. The molecule has 0 atom stereocenters. The third kappa shape index (κ3) is 5.99. The second kappa shape index (κ2) is 11.0. The first-order valence-corrected chi connectivity index (χ1v) is 10.5. The minimum atomic E-state index is 0.925. The first kappa shape index (κ1) is 20.7. The summed E-state index contributed by atoms with van der Waals surface area (Å²) in [6, 6.07) is 40.6. The molecule has 0 N–H and O–H groups in total. The van der Waals surface area contributed by atoms with Crippen molar-refractivity contribution >= 4 is 11.6 Å². The predicted molar refractivity (Wildman–Crippen MR) is 135 cm³/mol. The van der Waals surface area contributed by atoms with Gasteiger partial charge < -0.3 is 0 Å². The summed E-state index contributed by atoms with van der Waals surface area (Å²) in [6.45, 7) is 0. The first-order chi connectivity index (χ1) is 15.9. The maximum atomic E-state index is 3.41. The van der Waals surface area contributed by atoms with Crippen LogP contribution in [0.5, 0.6) is 0 Å². The van der Waals surface area contributed by atoms with Gasteiger partial charge >= 0.3 is 0 Å². The average Bonchev–Trinajstić information content (AvgIpc) is 2.87. The second-order valence-electron chi connectivity index (χ2n) is 7.14. The summed E-state index contributed by atoms with van der Waals surface area (Å²) in [7, 11) is 0. The summed E-state index contributed by atoms with van der Waals surface area (Å²) in [5.41, 5.74) is 6.08. The molecule has 0 aliphatic rings. The normalized spacial score (nSPS) is 11.0. The van der Waals surface area contributed by atoms with E-state index in [4.69, 9.17) is 0 Å². The van der Waals surface area contributed by atoms with E-state index < -0.39 is 0 Å². The highest BCUT2D eigenvalue weighted by molar-refractivity contribution is 5.90. The van der Waals surface area contributed by atoms with Crippen molar-refractivity contribution in [2.45, 2.75) is 0 Å². The van der Waals surface area contributed by atoms with Crippen LogP contribution in [0.1, 0.15) is 22.3 Å². The van der Waals surface area contributed by atoms with E-state index in [-0.39, 0.29) is 0 Å². The van der Waals surface area contributed by atoms with E-state index >= 15 is 0 Å². The van der Waals surface area contributed by atoms with Gasteiger partial charge in [-0.05, 0) is 47.5 Å². The molecule has 0 aromatic heterocycles. The maximum Gasteiger partial charge on any atom is 0.0339 e. The van der Waals surface area contributed by atoms with Crippen molar-refractivity contribution in [2.24, 2.45) is 0 Å². The van der Waals surface area contributed by atoms with Gasteiger partial charge in [0.15, 0.2) is 0 Å². The van der Waals surface area contributed by atoms with Crippen LogP contribution in [0.2, 0.25) is 0 Å². The Kier molecular flexibility index (Phi) is 7.15. The maximum absolute atomic E-state index is 3.41. The van der Waals surface area contributed by atoms with Gasteiger partial charge in [0, 0.05) is 22.3 Å². The lowest BCUT2D eigenvalue weighted by Crippen LogP contribution is -1.89. The largest absolute Gasteiger partial charge is 0.0689 e.